The number of hydrogen-bond donors (Lipinski definition) is 2. The molecule has 0 unspecified atom stereocenters. The number of hydrogen-bond acceptors (Lipinski definition) is 2. The first-order chi connectivity index (χ1) is 6.77. The second-order valence-corrected chi connectivity index (χ2v) is 2.74. The lowest BCUT2D eigenvalue weighted by molar-refractivity contribution is 0.275. The van der Waals surface area contributed by atoms with Gasteiger partial charge >= 0.3 is 0 Å². The summed E-state index contributed by atoms with van der Waals surface area (Å²) in [4.78, 5) is 0. The lowest BCUT2D eigenvalue weighted by Crippen LogP contribution is -1.90. The molecule has 0 saturated heterocycles. The molecule has 2 nitrogen and oxygen atoms in total. The molecule has 2 N–H and O–H groups in total. The minimum absolute atomic E-state index is 0.0149. The molecule has 0 aliphatic carbocycles. The van der Waals surface area contributed by atoms with E-state index in [2.05, 4.69) is 11.8 Å². The van der Waals surface area contributed by atoms with E-state index in [1.807, 2.05) is 0 Å². The summed E-state index contributed by atoms with van der Waals surface area (Å²) in [5.74, 6) is 5.05. The second-order valence-electron chi connectivity index (χ2n) is 2.74. The minimum atomic E-state index is -0.430. The summed E-state index contributed by atoms with van der Waals surface area (Å²) < 4.78 is 12.9. The Morgan fingerprint density at radius 3 is 2.71 bits per heavy atom. The highest BCUT2D eigenvalue weighted by molar-refractivity contribution is 5.37. The van der Waals surface area contributed by atoms with Crippen molar-refractivity contribution in [2.45, 2.75) is 13.0 Å². The van der Waals surface area contributed by atoms with Gasteiger partial charge in [-0.25, -0.2) is 4.39 Å². The monoisotopic (exact) mass is 194 g/mol. The Hall–Kier alpha value is -1.37. The van der Waals surface area contributed by atoms with Crippen LogP contribution in [0.3, 0.4) is 0 Å². The first-order valence-electron chi connectivity index (χ1n) is 4.27. The van der Waals surface area contributed by atoms with Crippen LogP contribution in [0.25, 0.3) is 0 Å². The molecule has 0 bridgehead atoms. The third-order valence-corrected chi connectivity index (χ3v) is 1.69. The highest BCUT2D eigenvalue weighted by atomic mass is 19.1. The van der Waals surface area contributed by atoms with E-state index in [1.54, 1.807) is 6.07 Å². The van der Waals surface area contributed by atoms with E-state index in [1.165, 1.54) is 12.1 Å². The van der Waals surface area contributed by atoms with Crippen molar-refractivity contribution in [2.75, 3.05) is 6.61 Å². The van der Waals surface area contributed by atoms with Crippen LogP contribution >= 0.6 is 0 Å². The van der Waals surface area contributed by atoms with Gasteiger partial charge in [0.1, 0.15) is 5.82 Å². The normalized spacial score (nSPS) is 9.36. The summed E-state index contributed by atoms with van der Waals surface area (Å²) in [7, 11) is 0. The van der Waals surface area contributed by atoms with Crippen molar-refractivity contribution in [1.82, 2.24) is 0 Å². The van der Waals surface area contributed by atoms with Crippen molar-refractivity contribution in [1.29, 1.82) is 0 Å². The van der Waals surface area contributed by atoms with Gasteiger partial charge in [0, 0.05) is 17.5 Å². The van der Waals surface area contributed by atoms with Crippen LogP contribution in [0, 0.1) is 17.7 Å². The number of benzene rings is 1. The summed E-state index contributed by atoms with van der Waals surface area (Å²) in [5, 5.41) is 17.3. The lowest BCUT2D eigenvalue weighted by Gasteiger charge is -1.98. The van der Waals surface area contributed by atoms with E-state index in [-0.39, 0.29) is 18.8 Å². The predicted molar refractivity (Wildman–Crippen MR) is 50.9 cm³/mol. The quantitative estimate of drug-likeness (QED) is 0.691. The van der Waals surface area contributed by atoms with E-state index in [9.17, 15) is 4.39 Å². The Morgan fingerprint density at radius 1 is 1.29 bits per heavy atom. The van der Waals surface area contributed by atoms with Crippen LogP contribution in [0.15, 0.2) is 18.2 Å². The van der Waals surface area contributed by atoms with Gasteiger partial charge < -0.3 is 10.2 Å². The molecule has 3 heteroatoms. The highest BCUT2D eigenvalue weighted by Crippen LogP contribution is 2.09. The lowest BCUT2D eigenvalue weighted by atomic mass is 10.1. The van der Waals surface area contributed by atoms with Gasteiger partial charge in [0.25, 0.3) is 0 Å². The van der Waals surface area contributed by atoms with E-state index in [0.29, 0.717) is 12.0 Å². The van der Waals surface area contributed by atoms with Crippen LogP contribution in [-0.2, 0) is 6.61 Å². The zero-order valence-electron chi connectivity index (χ0n) is 7.63. The fourth-order valence-electron chi connectivity index (χ4n) is 0.994. The Morgan fingerprint density at radius 2 is 2.07 bits per heavy atom. The molecule has 0 aromatic heterocycles. The predicted octanol–water partition coefficient (Wildman–Crippen LogP) is 1.05. The Labute approximate surface area is 82.0 Å². The van der Waals surface area contributed by atoms with Gasteiger partial charge in [0.05, 0.1) is 13.2 Å². The first kappa shape index (κ1) is 10.7. The van der Waals surface area contributed by atoms with Gasteiger partial charge in [-0.3, -0.25) is 0 Å². The van der Waals surface area contributed by atoms with Gasteiger partial charge in [-0.2, -0.15) is 0 Å². The number of halogens is 1. The summed E-state index contributed by atoms with van der Waals surface area (Å²) in [6.45, 7) is -0.317. The molecule has 1 aromatic carbocycles. The van der Waals surface area contributed by atoms with Crippen LogP contribution in [0.4, 0.5) is 4.39 Å². The molecule has 0 heterocycles. The molecule has 0 aliphatic heterocycles. The topological polar surface area (TPSA) is 40.5 Å². The Kier molecular flexibility index (Phi) is 4.11. The largest absolute Gasteiger partial charge is 0.395 e. The van der Waals surface area contributed by atoms with Crippen molar-refractivity contribution >= 4 is 0 Å². The number of aliphatic hydroxyl groups is 2. The van der Waals surface area contributed by atoms with Crippen LogP contribution in [-0.4, -0.2) is 16.8 Å². The molecular weight excluding hydrogens is 183 g/mol. The van der Waals surface area contributed by atoms with Gasteiger partial charge in [0.15, 0.2) is 0 Å². The van der Waals surface area contributed by atoms with E-state index < -0.39 is 5.82 Å². The van der Waals surface area contributed by atoms with Crippen LogP contribution in [0.1, 0.15) is 17.5 Å². The third-order valence-electron chi connectivity index (χ3n) is 1.69. The second kappa shape index (κ2) is 5.38. The zero-order valence-corrected chi connectivity index (χ0v) is 7.63. The van der Waals surface area contributed by atoms with E-state index in [0.717, 1.165) is 0 Å². The summed E-state index contributed by atoms with van der Waals surface area (Å²) in [6, 6.07) is 4.31. The first-order valence-corrected chi connectivity index (χ1v) is 4.27. The Bertz CT molecular complexity index is 363. The van der Waals surface area contributed by atoms with Gasteiger partial charge in [-0.05, 0) is 18.2 Å². The molecule has 0 atom stereocenters. The smallest absolute Gasteiger partial charge is 0.128 e. The number of aliphatic hydroxyl groups excluding tert-OH is 2. The Balaban J connectivity index is 2.86. The molecule has 0 fully saturated rings. The van der Waals surface area contributed by atoms with Crippen LogP contribution < -0.4 is 0 Å². The maximum atomic E-state index is 12.9. The molecular formula is C11H11FO2. The SMILES string of the molecule is OCCC#Cc1ccc(F)c(CO)c1. The maximum absolute atomic E-state index is 12.9. The molecule has 1 aromatic rings. The fourth-order valence-corrected chi connectivity index (χ4v) is 0.994. The molecule has 14 heavy (non-hydrogen) atoms. The average Bonchev–Trinajstić information content (AvgIpc) is 2.21. The standard InChI is InChI=1S/C11H11FO2/c12-11-5-4-9(3-1-2-6-13)7-10(11)8-14/h4-5,7,13-14H,2,6,8H2. The average molecular weight is 194 g/mol. The van der Waals surface area contributed by atoms with Crippen molar-refractivity contribution in [3.63, 3.8) is 0 Å². The van der Waals surface area contributed by atoms with Crippen molar-refractivity contribution in [3.05, 3.63) is 35.1 Å². The van der Waals surface area contributed by atoms with Crippen molar-refractivity contribution in [2.24, 2.45) is 0 Å². The van der Waals surface area contributed by atoms with Crippen LogP contribution in [0.5, 0.6) is 0 Å². The van der Waals surface area contributed by atoms with Gasteiger partial charge in [-0.15, -0.1) is 0 Å². The zero-order chi connectivity index (χ0) is 10.4. The maximum Gasteiger partial charge on any atom is 0.128 e. The molecule has 0 aliphatic rings. The molecule has 0 radical (unpaired) electrons. The van der Waals surface area contributed by atoms with E-state index in [4.69, 9.17) is 10.2 Å². The molecule has 0 spiro atoms. The molecule has 74 valence electrons. The summed E-state index contributed by atoms with van der Waals surface area (Å²) in [5.41, 5.74) is 0.879. The van der Waals surface area contributed by atoms with Crippen molar-refractivity contribution in [3.8, 4) is 11.8 Å². The number of rotatable bonds is 2. The highest BCUT2D eigenvalue weighted by Gasteiger charge is 2.00. The van der Waals surface area contributed by atoms with Gasteiger partial charge in [-0.1, -0.05) is 11.8 Å². The third kappa shape index (κ3) is 2.84. The van der Waals surface area contributed by atoms with Crippen molar-refractivity contribution < 1.29 is 14.6 Å². The summed E-state index contributed by atoms with van der Waals surface area (Å²) >= 11 is 0. The van der Waals surface area contributed by atoms with Crippen LogP contribution in [0.2, 0.25) is 0 Å². The fraction of sp³-hybridized carbons (Fsp3) is 0.273. The molecule has 1 rings (SSSR count). The van der Waals surface area contributed by atoms with E-state index >= 15 is 0 Å². The van der Waals surface area contributed by atoms with Gasteiger partial charge in [0.2, 0.25) is 0 Å². The minimum Gasteiger partial charge on any atom is -0.395 e. The molecule has 0 saturated carbocycles. The molecule has 0 amide bonds. The summed E-state index contributed by atoms with van der Waals surface area (Å²) in [6.07, 6.45) is 0.395.